The Morgan fingerprint density at radius 1 is 1.33 bits per heavy atom. The molecule has 1 heterocycles. The van der Waals surface area contributed by atoms with E-state index in [2.05, 4.69) is 17.2 Å². The van der Waals surface area contributed by atoms with Gasteiger partial charge in [-0.05, 0) is 44.7 Å². The van der Waals surface area contributed by atoms with Crippen molar-refractivity contribution in [1.82, 2.24) is 10.3 Å². The number of nitrogens with one attached hydrogen (secondary N) is 1. The monoisotopic (exact) mass is 268 g/mol. The lowest BCUT2D eigenvalue weighted by molar-refractivity contribution is 0.130. The highest BCUT2D eigenvalue weighted by Crippen LogP contribution is 2.27. The maximum absolute atomic E-state index is 6.08. The van der Waals surface area contributed by atoms with Gasteiger partial charge in [0.25, 0.3) is 0 Å². The summed E-state index contributed by atoms with van der Waals surface area (Å²) in [6, 6.07) is 3.72. The Bertz CT molecular complexity index is 389. The molecule has 0 unspecified atom stereocenters. The molecule has 3 nitrogen and oxygen atoms in total. The molecule has 2 rings (SSSR count). The summed E-state index contributed by atoms with van der Waals surface area (Å²) < 4.78 is 5.95. The van der Waals surface area contributed by atoms with Crippen molar-refractivity contribution in [2.45, 2.75) is 45.3 Å². The summed E-state index contributed by atoms with van der Waals surface area (Å²) in [5.41, 5.74) is 0.848. The van der Waals surface area contributed by atoms with E-state index in [1.54, 1.807) is 0 Å². The fraction of sp³-hybridized carbons (Fsp3) is 0.643. The molecule has 18 heavy (non-hydrogen) atoms. The third kappa shape index (κ3) is 3.59. The zero-order chi connectivity index (χ0) is 13.0. The molecule has 0 aromatic carbocycles. The molecule has 1 fully saturated rings. The fourth-order valence-electron chi connectivity index (χ4n) is 2.34. The second-order valence-electron chi connectivity index (χ2n) is 5.11. The summed E-state index contributed by atoms with van der Waals surface area (Å²) in [4.78, 5) is 4.46. The van der Waals surface area contributed by atoms with Gasteiger partial charge in [-0.2, -0.15) is 0 Å². The number of aromatic nitrogens is 1. The smallest absolute Gasteiger partial charge is 0.213 e. The lowest BCUT2D eigenvalue weighted by atomic mass is 9.89. The topological polar surface area (TPSA) is 34.2 Å². The van der Waals surface area contributed by atoms with E-state index in [9.17, 15) is 0 Å². The number of hydrogen-bond donors (Lipinski definition) is 1. The maximum Gasteiger partial charge on any atom is 0.213 e. The highest BCUT2D eigenvalue weighted by Gasteiger charge is 2.20. The second-order valence-corrected chi connectivity index (χ2v) is 5.52. The van der Waals surface area contributed by atoms with Crippen LogP contribution in [-0.2, 0) is 6.54 Å². The summed E-state index contributed by atoms with van der Waals surface area (Å²) in [6.07, 6.45) is 5.08. The zero-order valence-electron chi connectivity index (χ0n) is 11.1. The first-order valence-corrected chi connectivity index (χ1v) is 7.03. The molecular weight excluding hydrogens is 248 g/mol. The predicted octanol–water partition coefficient (Wildman–Crippen LogP) is 3.41. The highest BCUT2D eigenvalue weighted by molar-refractivity contribution is 6.31. The fourth-order valence-corrected chi connectivity index (χ4v) is 2.51. The summed E-state index contributed by atoms with van der Waals surface area (Å²) in [7, 11) is 1.88. The lowest BCUT2D eigenvalue weighted by Gasteiger charge is -2.26. The predicted molar refractivity (Wildman–Crippen MR) is 74.1 cm³/mol. The number of halogens is 1. The molecule has 1 aliphatic rings. The van der Waals surface area contributed by atoms with E-state index < -0.39 is 0 Å². The summed E-state index contributed by atoms with van der Waals surface area (Å²) in [5, 5.41) is 3.75. The molecule has 0 bridgehead atoms. The number of pyridine rings is 1. The van der Waals surface area contributed by atoms with Crippen LogP contribution in [-0.4, -0.2) is 18.1 Å². The standard InChI is InChI=1S/C14H21ClN2O/c1-10-3-5-11(6-4-10)18-14-8-7-12(15)13(17-14)9-16-2/h7-8,10-11,16H,3-6,9H2,1-2H3. The first-order valence-electron chi connectivity index (χ1n) is 6.65. The van der Waals surface area contributed by atoms with Crippen molar-refractivity contribution < 1.29 is 4.74 Å². The Morgan fingerprint density at radius 2 is 2.06 bits per heavy atom. The zero-order valence-corrected chi connectivity index (χ0v) is 11.8. The van der Waals surface area contributed by atoms with Gasteiger partial charge in [-0.1, -0.05) is 18.5 Å². The van der Waals surface area contributed by atoms with Crippen LogP contribution in [0.2, 0.25) is 5.02 Å². The van der Waals surface area contributed by atoms with Crippen LogP contribution < -0.4 is 10.1 Å². The van der Waals surface area contributed by atoms with E-state index in [0.717, 1.165) is 24.5 Å². The summed E-state index contributed by atoms with van der Waals surface area (Å²) in [6.45, 7) is 2.97. The number of nitrogens with zero attached hydrogens (tertiary/aromatic N) is 1. The van der Waals surface area contributed by atoms with E-state index >= 15 is 0 Å². The van der Waals surface area contributed by atoms with Gasteiger partial charge in [-0.15, -0.1) is 0 Å². The highest BCUT2D eigenvalue weighted by atomic mass is 35.5. The molecule has 0 atom stereocenters. The maximum atomic E-state index is 6.08. The van der Waals surface area contributed by atoms with Gasteiger partial charge < -0.3 is 10.1 Å². The van der Waals surface area contributed by atoms with Crippen molar-refractivity contribution in [3.8, 4) is 5.88 Å². The molecule has 4 heteroatoms. The van der Waals surface area contributed by atoms with Crippen molar-refractivity contribution in [2.24, 2.45) is 5.92 Å². The summed E-state index contributed by atoms with van der Waals surface area (Å²) >= 11 is 6.08. The van der Waals surface area contributed by atoms with Crippen LogP contribution in [0.3, 0.4) is 0 Å². The van der Waals surface area contributed by atoms with Crippen LogP contribution in [0.5, 0.6) is 5.88 Å². The SMILES string of the molecule is CNCc1nc(OC2CCC(C)CC2)ccc1Cl. The van der Waals surface area contributed by atoms with E-state index in [1.807, 2.05) is 19.2 Å². The average Bonchev–Trinajstić information content (AvgIpc) is 2.37. The van der Waals surface area contributed by atoms with Gasteiger partial charge in [0.1, 0.15) is 6.10 Å². The van der Waals surface area contributed by atoms with Crippen molar-refractivity contribution in [3.63, 3.8) is 0 Å². The third-order valence-corrected chi connectivity index (χ3v) is 3.83. The van der Waals surface area contributed by atoms with Crippen molar-refractivity contribution in [1.29, 1.82) is 0 Å². The average molecular weight is 269 g/mol. The van der Waals surface area contributed by atoms with Gasteiger partial charge >= 0.3 is 0 Å². The Morgan fingerprint density at radius 3 is 2.72 bits per heavy atom. The summed E-state index contributed by atoms with van der Waals surface area (Å²) in [5.74, 6) is 1.53. The normalized spacial score (nSPS) is 23.9. The van der Waals surface area contributed by atoms with E-state index in [0.29, 0.717) is 23.6 Å². The van der Waals surface area contributed by atoms with Crippen molar-refractivity contribution >= 4 is 11.6 Å². The van der Waals surface area contributed by atoms with Gasteiger partial charge in [0.15, 0.2) is 0 Å². The van der Waals surface area contributed by atoms with Gasteiger partial charge in [0.05, 0.1) is 10.7 Å². The minimum Gasteiger partial charge on any atom is -0.474 e. The molecule has 1 saturated carbocycles. The van der Waals surface area contributed by atoms with Crippen molar-refractivity contribution in [2.75, 3.05) is 7.05 Å². The quantitative estimate of drug-likeness (QED) is 0.909. The molecular formula is C14H21ClN2O. The van der Waals surface area contributed by atoms with Gasteiger partial charge in [0, 0.05) is 12.6 Å². The van der Waals surface area contributed by atoms with Crippen LogP contribution in [0.4, 0.5) is 0 Å². The van der Waals surface area contributed by atoms with Crippen LogP contribution >= 0.6 is 11.6 Å². The Labute approximate surface area is 114 Å². The number of hydrogen-bond acceptors (Lipinski definition) is 3. The molecule has 0 amide bonds. The second kappa shape index (κ2) is 6.39. The van der Waals surface area contributed by atoms with E-state index in [-0.39, 0.29) is 0 Å². The molecule has 0 radical (unpaired) electrons. The molecule has 0 saturated heterocycles. The Hall–Kier alpha value is -0.800. The van der Waals surface area contributed by atoms with Crippen LogP contribution in [0.25, 0.3) is 0 Å². The molecule has 100 valence electrons. The number of rotatable bonds is 4. The third-order valence-electron chi connectivity index (χ3n) is 3.49. The van der Waals surface area contributed by atoms with Gasteiger partial charge in [0.2, 0.25) is 5.88 Å². The Kier molecular flexibility index (Phi) is 4.84. The molecule has 0 aliphatic heterocycles. The van der Waals surface area contributed by atoms with E-state index in [1.165, 1.54) is 12.8 Å². The van der Waals surface area contributed by atoms with Gasteiger partial charge in [-0.3, -0.25) is 0 Å². The largest absolute Gasteiger partial charge is 0.474 e. The lowest BCUT2D eigenvalue weighted by Crippen LogP contribution is -2.23. The van der Waals surface area contributed by atoms with Crippen LogP contribution in [0, 0.1) is 5.92 Å². The van der Waals surface area contributed by atoms with E-state index in [4.69, 9.17) is 16.3 Å². The Balaban J connectivity index is 1.98. The van der Waals surface area contributed by atoms with Crippen LogP contribution in [0.15, 0.2) is 12.1 Å². The van der Waals surface area contributed by atoms with Gasteiger partial charge in [-0.25, -0.2) is 4.98 Å². The molecule has 1 N–H and O–H groups in total. The van der Waals surface area contributed by atoms with Crippen LogP contribution in [0.1, 0.15) is 38.3 Å². The molecule has 1 aromatic rings. The van der Waals surface area contributed by atoms with Crippen molar-refractivity contribution in [3.05, 3.63) is 22.8 Å². The molecule has 1 aliphatic carbocycles. The minimum atomic E-state index is 0.317. The molecule has 1 aromatic heterocycles. The first kappa shape index (κ1) is 13.6. The minimum absolute atomic E-state index is 0.317. The first-order chi connectivity index (χ1) is 8.69. The number of ether oxygens (including phenoxy) is 1. The molecule has 0 spiro atoms.